The highest BCUT2D eigenvalue weighted by atomic mass is 16.6. The number of nitrogens with two attached hydrogens (primary N) is 1. The fourth-order valence-corrected chi connectivity index (χ4v) is 0.855. The van der Waals surface area contributed by atoms with Crippen LogP contribution in [0.5, 0.6) is 0 Å². The van der Waals surface area contributed by atoms with Gasteiger partial charge in [0.25, 0.3) is 6.47 Å². The van der Waals surface area contributed by atoms with Crippen LogP contribution in [0.4, 0.5) is 0 Å². The first kappa shape index (κ1) is 14.4. The van der Waals surface area contributed by atoms with Gasteiger partial charge < -0.3 is 19.9 Å². The fraction of sp³-hybridized carbons (Fsp3) is 0.600. The molecule has 6 nitrogen and oxygen atoms in total. The zero-order valence-electron chi connectivity index (χ0n) is 9.52. The molecule has 0 fully saturated rings. The van der Waals surface area contributed by atoms with Crippen LogP contribution in [0.3, 0.4) is 0 Å². The monoisotopic (exact) mass is 231 g/mol. The van der Waals surface area contributed by atoms with Crippen LogP contribution in [-0.2, 0) is 23.8 Å². The molecule has 0 saturated carbocycles. The number of hydrogen-bond donors (Lipinski definition) is 1. The molecule has 0 aliphatic heterocycles. The maximum Gasteiger partial charge on any atom is 0.306 e. The first-order valence-corrected chi connectivity index (χ1v) is 4.85. The molecule has 16 heavy (non-hydrogen) atoms. The lowest BCUT2D eigenvalue weighted by molar-refractivity contribution is -0.145. The lowest BCUT2D eigenvalue weighted by atomic mass is 10.3. The number of hydrogen-bond acceptors (Lipinski definition) is 6. The standard InChI is InChI=1S/C10H17NO5/c1-8(14-2)9(16-7-12)6-15-10(13)4-3-5-11/h7H,3-6,11H2,1-2H3/b9-8-. The highest BCUT2D eigenvalue weighted by Crippen LogP contribution is 2.07. The molecule has 6 heteroatoms. The number of carbonyl (C=O) groups excluding carboxylic acids is 2. The van der Waals surface area contributed by atoms with Gasteiger partial charge in [-0.2, -0.15) is 0 Å². The van der Waals surface area contributed by atoms with Crippen molar-refractivity contribution in [2.45, 2.75) is 19.8 Å². The summed E-state index contributed by atoms with van der Waals surface area (Å²) in [5.41, 5.74) is 5.24. The summed E-state index contributed by atoms with van der Waals surface area (Å²) in [4.78, 5) is 21.3. The Morgan fingerprint density at radius 2 is 2.12 bits per heavy atom. The summed E-state index contributed by atoms with van der Waals surface area (Å²) in [6.07, 6.45) is 0.812. The van der Waals surface area contributed by atoms with E-state index in [1.54, 1.807) is 6.92 Å². The summed E-state index contributed by atoms with van der Waals surface area (Å²) < 4.78 is 14.3. The topological polar surface area (TPSA) is 87.8 Å². The van der Waals surface area contributed by atoms with E-state index < -0.39 is 0 Å². The molecule has 0 saturated heterocycles. The third-order valence-electron chi connectivity index (χ3n) is 1.84. The van der Waals surface area contributed by atoms with Gasteiger partial charge in [0.05, 0.1) is 7.11 Å². The molecule has 0 unspecified atom stereocenters. The minimum absolute atomic E-state index is 0.123. The van der Waals surface area contributed by atoms with E-state index in [1.165, 1.54) is 7.11 Å². The van der Waals surface area contributed by atoms with E-state index in [9.17, 15) is 9.59 Å². The molecule has 0 heterocycles. The van der Waals surface area contributed by atoms with Crippen molar-refractivity contribution in [2.24, 2.45) is 5.73 Å². The van der Waals surface area contributed by atoms with E-state index in [0.29, 0.717) is 18.7 Å². The molecule has 0 aromatic rings. The third kappa shape index (κ3) is 6.02. The van der Waals surface area contributed by atoms with Gasteiger partial charge in [-0.25, -0.2) is 0 Å². The van der Waals surface area contributed by atoms with E-state index >= 15 is 0 Å². The molecule has 0 amide bonds. The zero-order valence-corrected chi connectivity index (χ0v) is 9.52. The van der Waals surface area contributed by atoms with Crippen molar-refractivity contribution in [3.05, 3.63) is 11.5 Å². The summed E-state index contributed by atoms with van der Waals surface area (Å²) in [5, 5.41) is 0. The van der Waals surface area contributed by atoms with Crippen LogP contribution in [0.1, 0.15) is 19.8 Å². The van der Waals surface area contributed by atoms with Crippen LogP contribution in [-0.4, -0.2) is 32.7 Å². The van der Waals surface area contributed by atoms with E-state index in [-0.39, 0.29) is 31.2 Å². The highest BCUT2D eigenvalue weighted by molar-refractivity contribution is 5.69. The van der Waals surface area contributed by atoms with Gasteiger partial charge in [0.15, 0.2) is 12.4 Å². The van der Waals surface area contributed by atoms with Crippen LogP contribution < -0.4 is 5.73 Å². The molecule has 92 valence electrons. The minimum Gasteiger partial charge on any atom is -0.498 e. The number of methoxy groups -OCH3 is 1. The van der Waals surface area contributed by atoms with Crippen molar-refractivity contribution in [3.8, 4) is 0 Å². The van der Waals surface area contributed by atoms with Gasteiger partial charge in [0, 0.05) is 6.42 Å². The van der Waals surface area contributed by atoms with Gasteiger partial charge in [-0.05, 0) is 19.9 Å². The van der Waals surface area contributed by atoms with Crippen molar-refractivity contribution in [2.75, 3.05) is 20.3 Å². The number of allylic oxidation sites excluding steroid dienone is 1. The smallest absolute Gasteiger partial charge is 0.306 e. The Kier molecular flexibility index (Phi) is 7.87. The van der Waals surface area contributed by atoms with Gasteiger partial charge in [-0.15, -0.1) is 0 Å². The summed E-state index contributed by atoms with van der Waals surface area (Å²) in [7, 11) is 1.43. The van der Waals surface area contributed by atoms with Crippen LogP contribution >= 0.6 is 0 Å². The molecule has 0 aromatic heterocycles. The molecule has 0 rings (SSSR count). The average molecular weight is 231 g/mol. The Labute approximate surface area is 94.3 Å². The number of rotatable bonds is 8. The fourth-order valence-electron chi connectivity index (χ4n) is 0.855. The predicted molar refractivity (Wildman–Crippen MR) is 56.1 cm³/mol. The lowest BCUT2D eigenvalue weighted by Gasteiger charge is -2.09. The van der Waals surface area contributed by atoms with E-state index in [0.717, 1.165) is 0 Å². The second-order valence-corrected chi connectivity index (χ2v) is 2.95. The molecule has 0 aromatic carbocycles. The summed E-state index contributed by atoms with van der Waals surface area (Å²) >= 11 is 0. The average Bonchev–Trinajstić information content (AvgIpc) is 2.30. The molecule has 2 N–H and O–H groups in total. The van der Waals surface area contributed by atoms with Crippen LogP contribution in [0.25, 0.3) is 0 Å². The first-order chi connectivity index (χ1) is 7.65. The summed E-state index contributed by atoms with van der Waals surface area (Å²) in [6, 6.07) is 0. The quantitative estimate of drug-likeness (QED) is 0.367. The Hall–Kier alpha value is -1.56. The van der Waals surface area contributed by atoms with Crippen molar-refractivity contribution in [1.82, 2.24) is 0 Å². The summed E-state index contributed by atoms with van der Waals surface area (Å²) in [6.45, 7) is 2.17. The predicted octanol–water partition coefficient (Wildman–Crippen LogP) is 0.319. The second kappa shape index (κ2) is 8.72. The Balaban J connectivity index is 4.12. The van der Waals surface area contributed by atoms with Gasteiger partial charge in [-0.3, -0.25) is 9.59 Å². The molecule has 0 atom stereocenters. The molecule has 0 aliphatic carbocycles. The molecule has 0 radical (unpaired) electrons. The van der Waals surface area contributed by atoms with Gasteiger partial charge >= 0.3 is 5.97 Å². The third-order valence-corrected chi connectivity index (χ3v) is 1.84. The number of esters is 1. The lowest BCUT2D eigenvalue weighted by Crippen LogP contribution is -2.12. The van der Waals surface area contributed by atoms with E-state index in [1.807, 2.05) is 0 Å². The Bertz CT molecular complexity index is 262. The number of carbonyl (C=O) groups is 2. The highest BCUT2D eigenvalue weighted by Gasteiger charge is 2.09. The maximum absolute atomic E-state index is 11.1. The van der Waals surface area contributed by atoms with Gasteiger partial charge in [-0.1, -0.05) is 0 Å². The zero-order chi connectivity index (χ0) is 12.4. The normalized spacial score (nSPS) is 11.4. The van der Waals surface area contributed by atoms with Crippen LogP contribution in [0.15, 0.2) is 11.5 Å². The SMILES string of the molecule is CO/C(C)=C(/COC(=O)CCCN)OC=O. The van der Waals surface area contributed by atoms with E-state index in [2.05, 4.69) is 4.74 Å². The molecular formula is C10H17NO5. The second-order valence-electron chi connectivity index (χ2n) is 2.95. The van der Waals surface area contributed by atoms with Crippen molar-refractivity contribution in [3.63, 3.8) is 0 Å². The molecule has 0 aliphatic rings. The van der Waals surface area contributed by atoms with Crippen molar-refractivity contribution in [1.29, 1.82) is 0 Å². The minimum atomic E-state index is -0.388. The molecule has 0 bridgehead atoms. The maximum atomic E-state index is 11.1. The van der Waals surface area contributed by atoms with Crippen molar-refractivity contribution < 1.29 is 23.8 Å². The van der Waals surface area contributed by atoms with Gasteiger partial charge in [0.2, 0.25) is 0 Å². The van der Waals surface area contributed by atoms with Crippen molar-refractivity contribution >= 4 is 12.4 Å². The first-order valence-electron chi connectivity index (χ1n) is 4.85. The molecule has 0 spiro atoms. The Morgan fingerprint density at radius 1 is 1.44 bits per heavy atom. The van der Waals surface area contributed by atoms with E-state index in [4.69, 9.17) is 15.2 Å². The largest absolute Gasteiger partial charge is 0.498 e. The molecular weight excluding hydrogens is 214 g/mol. The Morgan fingerprint density at radius 3 is 2.62 bits per heavy atom. The summed E-state index contributed by atoms with van der Waals surface area (Å²) in [5.74, 6) is 0.179. The van der Waals surface area contributed by atoms with Gasteiger partial charge in [0.1, 0.15) is 5.76 Å². The van der Waals surface area contributed by atoms with Crippen LogP contribution in [0.2, 0.25) is 0 Å². The number of ether oxygens (including phenoxy) is 3. The van der Waals surface area contributed by atoms with Crippen LogP contribution in [0, 0.1) is 0 Å².